The van der Waals surface area contributed by atoms with Gasteiger partial charge in [0.1, 0.15) is 0 Å². The Labute approximate surface area is 183 Å². The zero-order chi connectivity index (χ0) is 21.8. The summed E-state index contributed by atoms with van der Waals surface area (Å²) in [5.41, 5.74) is 2.76. The second-order valence-corrected chi connectivity index (χ2v) is 9.26. The summed E-state index contributed by atoms with van der Waals surface area (Å²) in [5, 5.41) is 0. The lowest BCUT2D eigenvalue weighted by molar-refractivity contribution is 0.0748. The molecular weight excluding hydrogens is 410 g/mol. The van der Waals surface area contributed by atoms with Crippen LogP contribution in [0.15, 0.2) is 83.8 Å². The van der Waals surface area contributed by atoms with Gasteiger partial charge in [0.2, 0.25) is 0 Å². The van der Waals surface area contributed by atoms with E-state index in [0.29, 0.717) is 24.3 Å². The minimum atomic E-state index is -3.79. The van der Waals surface area contributed by atoms with Crippen LogP contribution in [0.5, 0.6) is 0 Å². The molecule has 3 aromatic carbocycles. The van der Waals surface area contributed by atoms with Gasteiger partial charge in [-0.25, -0.2) is 8.42 Å². The van der Waals surface area contributed by atoms with Gasteiger partial charge in [-0.3, -0.25) is 9.52 Å². The summed E-state index contributed by atoms with van der Waals surface area (Å²) < 4.78 is 28.2. The second kappa shape index (κ2) is 8.81. The quantitative estimate of drug-likeness (QED) is 0.663. The first-order chi connectivity index (χ1) is 14.9. The predicted molar refractivity (Wildman–Crippen MR) is 123 cm³/mol. The van der Waals surface area contributed by atoms with E-state index in [1.807, 2.05) is 25.1 Å². The molecule has 4 rings (SSSR count). The Morgan fingerprint density at radius 2 is 1.42 bits per heavy atom. The van der Waals surface area contributed by atoms with E-state index < -0.39 is 10.0 Å². The topological polar surface area (TPSA) is 69.7 Å². The number of sulfonamides is 1. The van der Waals surface area contributed by atoms with Crippen molar-refractivity contribution in [2.45, 2.75) is 11.8 Å². The largest absolute Gasteiger partial charge is 0.368 e. The number of nitrogens with one attached hydrogen (secondary N) is 1. The highest BCUT2D eigenvalue weighted by Crippen LogP contribution is 2.23. The van der Waals surface area contributed by atoms with Crippen LogP contribution in [0.4, 0.5) is 11.4 Å². The van der Waals surface area contributed by atoms with Crippen LogP contribution in [0.25, 0.3) is 0 Å². The first-order valence-corrected chi connectivity index (χ1v) is 11.7. The number of hydrogen-bond acceptors (Lipinski definition) is 4. The van der Waals surface area contributed by atoms with Gasteiger partial charge in [-0.2, -0.15) is 0 Å². The first-order valence-electron chi connectivity index (χ1n) is 10.2. The zero-order valence-electron chi connectivity index (χ0n) is 17.4. The number of carbonyl (C=O) groups excluding carboxylic acids is 1. The van der Waals surface area contributed by atoms with Crippen molar-refractivity contribution in [3.05, 3.63) is 90.0 Å². The number of nitrogens with zero attached hydrogens (tertiary/aromatic N) is 2. The van der Waals surface area contributed by atoms with Crippen LogP contribution < -0.4 is 9.62 Å². The third kappa shape index (κ3) is 4.72. The molecule has 31 heavy (non-hydrogen) atoms. The van der Waals surface area contributed by atoms with E-state index in [4.69, 9.17) is 0 Å². The Bertz CT molecular complexity index is 1150. The zero-order valence-corrected chi connectivity index (χ0v) is 18.2. The molecule has 1 N–H and O–H groups in total. The van der Waals surface area contributed by atoms with E-state index in [2.05, 4.69) is 21.8 Å². The van der Waals surface area contributed by atoms with E-state index >= 15 is 0 Å². The van der Waals surface area contributed by atoms with Crippen molar-refractivity contribution in [2.24, 2.45) is 0 Å². The van der Waals surface area contributed by atoms with Crippen molar-refractivity contribution < 1.29 is 13.2 Å². The molecule has 7 heteroatoms. The average Bonchev–Trinajstić information content (AvgIpc) is 2.80. The minimum Gasteiger partial charge on any atom is -0.368 e. The number of hydrogen-bond donors (Lipinski definition) is 1. The number of anilines is 2. The van der Waals surface area contributed by atoms with Crippen molar-refractivity contribution in [1.29, 1.82) is 0 Å². The van der Waals surface area contributed by atoms with Crippen molar-refractivity contribution in [2.75, 3.05) is 35.8 Å². The maximum Gasteiger partial charge on any atom is 0.261 e. The molecule has 1 heterocycles. The fraction of sp³-hybridized carbons (Fsp3) is 0.208. The molecule has 3 aromatic rings. The molecule has 0 aromatic heterocycles. The summed E-state index contributed by atoms with van der Waals surface area (Å²) in [6.45, 7) is 4.51. The van der Waals surface area contributed by atoms with Crippen molar-refractivity contribution in [3.8, 4) is 0 Å². The fourth-order valence-electron chi connectivity index (χ4n) is 3.66. The van der Waals surface area contributed by atoms with Crippen molar-refractivity contribution in [1.82, 2.24) is 4.90 Å². The molecule has 1 fully saturated rings. The molecular formula is C24H25N3O3S. The molecule has 6 nitrogen and oxygen atoms in total. The highest BCUT2D eigenvalue weighted by atomic mass is 32.2. The lowest BCUT2D eigenvalue weighted by Crippen LogP contribution is -2.48. The number of carbonyl (C=O) groups is 1. The number of para-hydroxylation sites is 2. The van der Waals surface area contributed by atoms with E-state index in [0.717, 1.165) is 24.3 Å². The Kier molecular flexibility index (Phi) is 5.95. The Morgan fingerprint density at radius 3 is 2.10 bits per heavy atom. The van der Waals surface area contributed by atoms with E-state index in [1.165, 1.54) is 0 Å². The Balaban J connectivity index is 1.49. The Morgan fingerprint density at radius 1 is 0.806 bits per heavy atom. The van der Waals surface area contributed by atoms with Crippen LogP contribution in [0, 0.1) is 6.92 Å². The summed E-state index contributed by atoms with van der Waals surface area (Å²) in [4.78, 5) is 17.4. The Hall–Kier alpha value is -3.32. The summed E-state index contributed by atoms with van der Waals surface area (Å²) in [6, 6.07) is 23.5. The monoisotopic (exact) mass is 435 g/mol. The lowest BCUT2D eigenvalue weighted by atomic mass is 10.1. The number of piperazine rings is 1. The van der Waals surface area contributed by atoms with Gasteiger partial charge in [-0.1, -0.05) is 48.0 Å². The molecule has 0 radical (unpaired) electrons. The molecule has 160 valence electrons. The third-order valence-electron chi connectivity index (χ3n) is 5.42. The van der Waals surface area contributed by atoms with Gasteiger partial charge in [0.05, 0.1) is 16.1 Å². The van der Waals surface area contributed by atoms with Gasteiger partial charge >= 0.3 is 0 Å². The van der Waals surface area contributed by atoms with Gasteiger partial charge in [-0.15, -0.1) is 0 Å². The van der Waals surface area contributed by atoms with Crippen molar-refractivity contribution >= 4 is 27.3 Å². The first kappa shape index (κ1) is 20.9. The van der Waals surface area contributed by atoms with E-state index in [1.54, 1.807) is 53.4 Å². The predicted octanol–water partition coefficient (Wildman–Crippen LogP) is 3.76. The summed E-state index contributed by atoms with van der Waals surface area (Å²) >= 11 is 0. The maximum atomic E-state index is 13.2. The van der Waals surface area contributed by atoms with Gasteiger partial charge in [-0.05, 0) is 43.3 Å². The smallest absolute Gasteiger partial charge is 0.261 e. The molecule has 1 amide bonds. The standard InChI is InChI=1S/C24H25N3O3S/c1-19-11-13-21(14-12-19)31(29,30)25-23-10-6-5-9-22(23)24(28)27-17-15-26(16-18-27)20-7-3-2-4-8-20/h2-14,25H,15-18H2,1H3. The van der Waals surface area contributed by atoms with Crippen LogP contribution in [-0.4, -0.2) is 45.4 Å². The minimum absolute atomic E-state index is 0.164. The van der Waals surface area contributed by atoms with Crippen LogP contribution >= 0.6 is 0 Å². The highest BCUT2D eigenvalue weighted by Gasteiger charge is 2.25. The molecule has 0 saturated carbocycles. The third-order valence-corrected chi connectivity index (χ3v) is 6.80. The number of aryl methyl sites for hydroxylation is 1. The summed E-state index contributed by atoms with van der Waals surface area (Å²) in [6.07, 6.45) is 0. The summed E-state index contributed by atoms with van der Waals surface area (Å²) in [7, 11) is -3.79. The maximum absolute atomic E-state index is 13.2. The number of rotatable bonds is 5. The molecule has 0 atom stereocenters. The highest BCUT2D eigenvalue weighted by molar-refractivity contribution is 7.92. The molecule has 1 aliphatic heterocycles. The van der Waals surface area contributed by atoms with Gasteiger partial charge < -0.3 is 9.80 Å². The van der Waals surface area contributed by atoms with Crippen LogP contribution in [-0.2, 0) is 10.0 Å². The normalized spacial score (nSPS) is 14.4. The fourth-order valence-corrected chi connectivity index (χ4v) is 4.74. The molecule has 0 aliphatic carbocycles. The van der Waals surface area contributed by atoms with E-state index in [-0.39, 0.29) is 10.8 Å². The van der Waals surface area contributed by atoms with Crippen molar-refractivity contribution in [3.63, 3.8) is 0 Å². The molecule has 1 aliphatic rings. The van der Waals surface area contributed by atoms with Crippen LogP contribution in [0.2, 0.25) is 0 Å². The molecule has 0 unspecified atom stereocenters. The van der Waals surface area contributed by atoms with Gasteiger partial charge in [0.25, 0.3) is 15.9 Å². The second-order valence-electron chi connectivity index (χ2n) is 7.58. The molecule has 0 spiro atoms. The van der Waals surface area contributed by atoms with Gasteiger partial charge in [0.15, 0.2) is 0 Å². The molecule has 0 bridgehead atoms. The van der Waals surface area contributed by atoms with Crippen LogP contribution in [0.1, 0.15) is 15.9 Å². The number of amides is 1. The number of benzene rings is 3. The SMILES string of the molecule is Cc1ccc(S(=O)(=O)Nc2ccccc2C(=O)N2CCN(c3ccccc3)CC2)cc1. The summed E-state index contributed by atoms with van der Waals surface area (Å²) in [5.74, 6) is -0.171. The lowest BCUT2D eigenvalue weighted by Gasteiger charge is -2.36. The van der Waals surface area contributed by atoms with Crippen LogP contribution in [0.3, 0.4) is 0 Å². The van der Waals surface area contributed by atoms with Gasteiger partial charge in [0, 0.05) is 31.9 Å². The molecule has 1 saturated heterocycles. The van der Waals surface area contributed by atoms with E-state index in [9.17, 15) is 13.2 Å². The average molecular weight is 436 g/mol.